The molecule has 0 fully saturated rings. The Balaban J connectivity index is 1.77. The highest BCUT2D eigenvalue weighted by molar-refractivity contribution is 5.78. The second kappa shape index (κ2) is 4.53. The van der Waals surface area contributed by atoms with Crippen molar-refractivity contribution in [3.05, 3.63) is 58.5 Å². The molecule has 0 saturated heterocycles. The normalized spacial score (nSPS) is 10.7. The van der Waals surface area contributed by atoms with Crippen molar-refractivity contribution in [1.82, 2.24) is 9.97 Å². The molecule has 0 radical (unpaired) electrons. The number of H-pyrrole nitrogens is 2. The number of anilines is 2. The molecule has 0 bridgehead atoms. The molecular formula is C14H14N4O. The third-order valence-corrected chi connectivity index (χ3v) is 2.99. The van der Waals surface area contributed by atoms with E-state index in [9.17, 15) is 4.79 Å². The van der Waals surface area contributed by atoms with Crippen LogP contribution in [0.4, 0.5) is 11.4 Å². The summed E-state index contributed by atoms with van der Waals surface area (Å²) in [7, 11) is 0. The van der Waals surface area contributed by atoms with Crippen molar-refractivity contribution in [2.24, 2.45) is 0 Å². The molecule has 2 aromatic carbocycles. The molecule has 19 heavy (non-hydrogen) atoms. The van der Waals surface area contributed by atoms with Crippen molar-refractivity contribution < 1.29 is 0 Å². The molecule has 0 amide bonds. The third-order valence-electron chi connectivity index (χ3n) is 2.99. The number of rotatable bonds is 3. The molecule has 0 atom stereocenters. The Bertz CT molecular complexity index is 755. The Morgan fingerprint density at radius 1 is 1.00 bits per heavy atom. The zero-order valence-electron chi connectivity index (χ0n) is 10.2. The first-order chi connectivity index (χ1) is 9.20. The van der Waals surface area contributed by atoms with Gasteiger partial charge in [0.15, 0.2) is 0 Å². The van der Waals surface area contributed by atoms with Gasteiger partial charge in [-0.15, -0.1) is 0 Å². The summed E-state index contributed by atoms with van der Waals surface area (Å²) in [4.78, 5) is 16.6. The number of nitrogen functional groups attached to an aromatic ring is 1. The third kappa shape index (κ3) is 2.44. The van der Waals surface area contributed by atoms with E-state index in [-0.39, 0.29) is 5.69 Å². The van der Waals surface area contributed by atoms with Crippen LogP contribution < -0.4 is 16.7 Å². The van der Waals surface area contributed by atoms with Crippen LogP contribution in [0, 0.1) is 0 Å². The van der Waals surface area contributed by atoms with Gasteiger partial charge in [-0.1, -0.05) is 12.1 Å². The predicted molar refractivity (Wildman–Crippen MR) is 77.1 cm³/mol. The van der Waals surface area contributed by atoms with Crippen LogP contribution in [0.2, 0.25) is 0 Å². The number of aromatic nitrogens is 2. The average molecular weight is 254 g/mol. The van der Waals surface area contributed by atoms with Gasteiger partial charge in [-0.25, -0.2) is 4.79 Å². The molecule has 1 aromatic heterocycles. The summed E-state index contributed by atoms with van der Waals surface area (Å²) < 4.78 is 0. The highest BCUT2D eigenvalue weighted by Gasteiger charge is 2.00. The van der Waals surface area contributed by atoms with Gasteiger partial charge >= 0.3 is 5.69 Å². The van der Waals surface area contributed by atoms with Gasteiger partial charge in [-0.3, -0.25) is 0 Å². The minimum atomic E-state index is -0.189. The van der Waals surface area contributed by atoms with E-state index in [1.54, 1.807) is 0 Å². The molecule has 5 N–H and O–H groups in total. The summed E-state index contributed by atoms with van der Waals surface area (Å²) in [6.07, 6.45) is 0. The number of nitrogens with one attached hydrogen (secondary N) is 3. The second-order valence-electron chi connectivity index (χ2n) is 4.43. The molecule has 1 heterocycles. The molecule has 0 spiro atoms. The van der Waals surface area contributed by atoms with Crippen LogP contribution in [0.3, 0.4) is 0 Å². The number of nitrogens with two attached hydrogens (primary N) is 1. The first kappa shape index (κ1) is 11.4. The minimum Gasteiger partial charge on any atom is -0.399 e. The standard InChI is InChI=1S/C14H14N4O/c15-10-3-1-9(2-4-10)8-16-11-5-6-12-13(7-11)18-14(19)17-12/h1-7,16H,8,15H2,(H2,17,18,19). The van der Waals surface area contributed by atoms with Crippen molar-refractivity contribution in [2.75, 3.05) is 11.1 Å². The second-order valence-corrected chi connectivity index (χ2v) is 4.43. The Hall–Kier alpha value is -2.69. The molecule has 0 aliphatic rings. The lowest BCUT2D eigenvalue weighted by atomic mass is 10.2. The first-order valence-corrected chi connectivity index (χ1v) is 6.01. The zero-order chi connectivity index (χ0) is 13.2. The van der Waals surface area contributed by atoms with Crippen molar-refractivity contribution in [3.63, 3.8) is 0 Å². The molecule has 0 unspecified atom stereocenters. The van der Waals surface area contributed by atoms with E-state index < -0.39 is 0 Å². The minimum absolute atomic E-state index is 0.189. The van der Waals surface area contributed by atoms with E-state index in [0.717, 1.165) is 28.0 Å². The van der Waals surface area contributed by atoms with Crippen LogP contribution >= 0.6 is 0 Å². The van der Waals surface area contributed by atoms with Gasteiger partial charge in [-0.05, 0) is 35.9 Å². The van der Waals surface area contributed by atoms with Gasteiger partial charge in [0, 0.05) is 17.9 Å². The number of benzene rings is 2. The molecular weight excluding hydrogens is 240 g/mol. The lowest BCUT2D eigenvalue weighted by Gasteiger charge is -2.06. The largest absolute Gasteiger partial charge is 0.399 e. The Morgan fingerprint density at radius 2 is 1.74 bits per heavy atom. The number of aromatic amines is 2. The number of hydrogen-bond donors (Lipinski definition) is 4. The van der Waals surface area contributed by atoms with Crippen LogP contribution in [0.5, 0.6) is 0 Å². The van der Waals surface area contributed by atoms with Gasteiger partial charge in [0.25, 0.3) is 0 Å². The summed E-state index contributed by atoms with van der Waals surface area (Å²) in [5, 5.41) is 3.31. The SMILES string of the molecule is Nc1ccc(CNc2ccc3[nH]c(=O)[nH]c3c2)cc1. The molecule has 3 aromatic rings. The zero-order valence-corrected chi connectivity index (χ0v) is 10.2. The summed E-state index contributed by atoms with van der Waals surface area (Å²) in [6.45, 7) is 0.709. The number of fused-ring (bicyclic) bond motifs is 1. The Kier molecular flexibility index (Phi) is 2.72. The fourth-order valence-corrected chi connectivity index (χ4v) is 1.98. The van der Waals surface area contributed by atoms with E-state index in [4.69, 9.17) is 5.73 Å². The summed E-state index contributed by atoms with van der Waals surface area (Å²) >= 11 is 0. The maximum Gasteiger partial charge on any atom is 0.323 e. The van der Waals surface area contributed by atoms with Crippen LogP contribution in [0.25, 0.3) is 11.0 Å². The first-order valence-electron chi connectivity index (χ1n) is 6.01. The Morgan fingerprint density at radius 3 is 2.53 bits per heavy atom. The fourth-order valence-electron chi connectivity index (χ4n) is 1.98. The lowest BCUT2D eigenvalue weighted by Crippen LogP contribution is -1.99. The molecule has 0 aliphatic carbocycles. The van der Waals surface area contributed by atoms with E-state index in [0.29, 0.717) is 6.54 Å². The Labute approximate surface area is 109 Å². The summed E-state index contributed by atoms with van der Waals surface area (Å²) in [6, 6.07) is 13.4. The number of imidazole rings is 1. The van der Waals surface area contributed by atoms with Gasteiger partial charge in [0.1, 0.15) is 0 Å². The van der Waals surface area contributed by atoms with Crippen molar-refractivity contribution >= 4 is 22.4 Å². The van der Waals surface area contributed by atoms with E-state index >= 15 is 0 Å². The maximum absolute atomic E-state index is 11.2. The average Bonchev–Trinajstić information content (AvgIpc) is 2.77. The van der Waals surface area contributed by atoms with Gasteiger partial charge < -0.3 is 21.0 Å². The van der Waals surface area contributed by atoms with Crippen molar-refractivity contribution in [1.29, 1.82) is 0 Å². The van der Waals surface area contributed by atoms with E-state index in [1.807, 2.05) is 42.5 Å². The molecule has 96 valence electrons. The maximum atomic E-state index is 11.2. The molecule has 5 heteroatoms. The summed E-state index contributed by atoms with van der Waals surface area (Å²) in [5.41, 5.74) is 9.93. The quantitative estimate of drug-likeness (QED) is 0.539. The lowest BCUT2D eigenvalue weighted by molar-refractivity contribution is 1.15. The monoisotopic (exact) mass is 254 g/mol. The fraction of sp³-hybridized carbons (Fsp3) is 0.0714. The predicted octanol–water partition coefficient (Wildman–Crippen LogP) is 2.05. The summed E-state index contributed by atoms with van der Waals surface area (Å²) in [5.74, 6) is 0. The van der Waals surface area contributed by atoms with E-state index in [2.05, 4.69) is 15.3 Å². The molecule has 0 aliphatic heterocycles. The van der Waals surface area contributed by atoms with Crippen LogP contribution in [0.15, 0.2) is 47.3 Å². The van der Waals surface area contributed by atoms with Crippen LogP contribution in [0.1, 0.15) is 5.56 Å². The van der Waals surface area contributed by atoms with Gasteiger partial charge in [0.05, 0.1) is 11.0 Å². The van der Waals surface area contributed by atoms with E-state index in [1.165, 1.54) is 0 Å². The van der Waals surface area contributed by atoms with Crippen LogP contribution in [-0.2, 0) is 6.54 Å². The molecule has 3 rings (SSSR count). The van der Waals surface area contributed by atoms with Crippen molar-refractivity contribution in [2.45, 2.75) is 6.54 Å². The van der Waals surface area contributed by atoms with Crippen molar-refractivity contribution in [3.8, 4) is 0 Å². The smallest absolute Gasteiger partial charge is 0.323 e. The molecule has 5 nitrogen and oxygen atoms in total. The highest BCUT2D eigenvalue weighted by Crippen LogP contribution is 2.15. The van der Waals surface area contributed by atoms with Gasteiger partial charge in [-0.2, -0.15) is 0 Å². The highest BCUT2D eigenvalue weighted by atomic mass is 16.1. The van der Waals surface area contributed by atoms with Gasteiger partial charge in [0.2, 0.25) is 0 Å². The van der Waals surface area contributed by atoms with Crippen LogP contribution in [-0.4, -0.2) is 9.97 Å². The number of hydrogen-bond acceptors (Lipinski definition) is 3. The topological polar surface area (TPSA) is 86.7 Å². The molecule has 0 saturated carbocycles.